The van der Waals surface area contributed by atoms with Crippen LogP contribution in [-0.2, 0) is 4.79 Å². The van der Waals surface area contributed by atoms with E-state index in [1.54, 1.807) is 25.1 Å². The number of anilines is 1. The van der Waals surface area contributed by atoms with E-state index >= 15 is 0 Å². The molecule has 2 rings (SSSR count). The van der Waals surface area contributed by atoms with Crippen LogP contribution in [0.4, 0.5) is 5.69 Å². The van der Waals surface area contributed by atoms with Gasteiger partial charge in [0.1, 0.15) is 0 Å². The van der Waals surface area contributed by atoms with E-state index in [-0.39, 0.29) is 18.5 Å². The van der Waals surface area contributed by atoms with Crippen LogP contribution in [0.3, 0.4) is 0 Å². The van der Waals surface area contributed by atoms with Crippen LogP contribution >= 0.6 is 0 Å². The van der Waals surface area contributed by atoms with Crippen LogP contribution in [0.15, 0.2) is 23.4 Å². The number of ether oxygens (including phenoxy) is 2. The third-order valence-corrected chi connectivity index (χ3v) is 2.84. The van der Waals surface area contributed by atoms with E-state index in [1.165, 1.54) is 0 Å². The van der Waals surface area contributed by atoms with E-state index in [2.05, 4.69) is 10.5 Å². The molecule has 1 amide bonds. The van der Waals surface area contributed by atoms with E-state index in [9.17, 15) is 4.79 Å². The molecule has 0 aromatic heterocycles. The van der Waals surface area contributed by atoms with Crippen molar-refractivity contribution >= 4 is 17.4 Å². The standard InChI is InChI=1S/C12H15N3O4/c1-2-8(11(13)15-17)12(16)14-7-3-4-9-10(5-7)19-6-18-9/h3-5,8,17H,2,6H2,1H3,(H2,13,15)(H,14,16). The lowest BCUT2D eigenvalue weighted by Crippen LogP contribution is -2.34. The molecule has 1 aromatic rings. The van der Waals surface area contributed by atoms with E-state index in [1.807, 2.05) is 0 Å². The minimum Gasteiger partial charge on any atom is -0.454 e. The Morgan fingerprint density at radius 2 is 2.26 bits per heavy atom. The molecule has 1 aromatic carbocycles. The third kappa shape index (κ3) is 2.70. The molecule has 1 unspecified atom stereocenters. The Balaban J connectivity index is 2.10. The summed E-state index contributed by atoms with van der Waals surface area (Å²) in [4.78, 5) is 12.0. The zero-order valence-corrected chi connectivity index (χ0v) is 10.4. The summed E-state index contributed by atoms with van der Waals surface area (Å²) in [5.74, 6) is 0.101. The number of hydrogen-bond donors (Lipinski definition) is 3. The molecule has 4 N–H and O–H groups in total. The fraction of sp³-hybridized carbons (Fsp3) is 0.333. The SMILES string of the molecule is CCC(C(=O)Nc1ccc2c(c1)OCO2)C(N)=NO. The lowest BCUT2D eigenvalue weighted by atomic mass is 10.0. The second-order valence-electron chi connectivity index (χ2n) is 4.04. The van der Waals surface area contributed by atoms with Crippen molar-refractivity contribution in [3.63, 3.8) is 0 Å². The molecular weight excluding hydrogens is 250 g/mol. The number of fused-ring (bicyclic) bond motifs is 1. The summed E-state index contributed by atoms with van der Waals surface area (Å²) in [6.45, 7) is 1.95. The second kappa shape index (κ2) is 5.47. The predicted octanol–water partition coefficient (Wildman–Crippen LogP) is 1.13. The summed E-state index contributed by atoms with van der Waals surface area (Å²) >= 11 is 0. The Bertz CT molecular complexity index is 516. The molecule has 0 saturated carbocycles. The van der Waals surface area contributed by atoms with Crippen molar-refractivity contribution in [1.29, 1.82) is 0 Å². The topological polar surface area (TPSA) is 106 Å². The number of nitrogens with one attached hydrogen (secondary N) is 1. The van der Waals surface area contributed by atoms with Gasteiger partial charge in [-0.2, -0.15) is 0 Å². The summed E-state index contributed by atoms with van der Waals surface area (Å²) < 4.78 is 10.4. The minimum absolute atomic E-state index is 0.110. The predicted molar refractivity (Wildman–Crippen MR) is 68.4 cm³/mol. The highest BCUT2D eigenvalue weighted by molar-refractivity contribution is 6.07. The molecule has 7 heteroatoms. The zero-order valence-electron chi connectivity index (χ0n) is 10.4. The van der Waals surface area contributed by atoms with Crippen molar-refractivity contribution in [2.75, 3.05) is 12.1 Å². The lowest BCUT2D eigenvalue weighted by Gasteiger charge is -2.13. The molecule has 19 heavy (non-hydrogen) atoms. The Hall–Kier alpha value is -2.44. The molecule has 0 spiro atoms. The number of nitrogens with zero attached hydrogens (tertiary/aromatic N) is 1. The maximum absolute atomic E-state index is 12.0. The van der Waals surface area contributed by atoms with Crippen LogP contribution in [0.1, 0.15) is 13.3 Å². The number of nitrogens with two attached hydrogens (primary N) is 1. The number of carbonyl (C=O) groups is 1. The highest BCUT2D eigenvalue weighted by atomic mass is 16.7. The van der Waals surface area contributed by atoms with Gasteiger partial charge in [0.25, 0.3) is 0 Å². The number of amides is 1. The van der Waals surface area contributed by atoms with Crippen molar-refractivity contribution in [1.82, 2.24) is 0 Å². The van der Waals surface area contributed by atoms with Gasteiger partial charge < -0.3 is 25.7 Å². The van der Waals surface area contributed by atoms with Crippen molar-refractivity contribution in [2.45, 2.75) is 13.3 Å². The Morgan fingerprint density at radius 1 is 1.53 bits per heavy atom. The van der Waals surface area contributed by atoms with Crippen LogP contribution < -0.4 is 20.5 Å². The van der Waals surface area contributed by atoms with Crippen LogP contribution in [-0.4, -0.2) is 23.7 Å². The molecule has 0 aliphatic carbocycles. The summed E-state index contributed by atoms with van der Waals surface area (Å²) in [6.07, 6.45) is 0.437. The van der Waals surface area contributed by atoms with Gasteiger partial charge in [-0.3, -0.25) is 4.79 Å². The van der Waals surface area contributed by atoms with Crippen molar-refractivity contribution in [3.05, 3.63) is 18.2 Å². The van der Waals surface area contributed by atoms with E-state index in [0.717, 1.165) is 0 Å². The maximum Gasteiger partial charge on any atom is 0.235 e. The van der Waals surface area contributed by atoms with Gasteiger partial charge in [-0.1, -0.05) is 12.1 Å². The van der Waals surface area contributed by atoms with Crippen LogP contribution in [0.5, 0.6) is 11.5 Å². The summed E-state index contributed by atoms with van der Waals surface area (Å²) in [7, 11) is 0. The molecule has 1 aliphatic heterocycles. The van der Waals surface area contributed by atoms with Crippen molar-refractivity contribution < 1.29 is 19.5 Å². The molecule has 7 nitrogen and oxygen atoms in total. The first kappa shape index (κ1) is 13.0. The van der Waals surface area contributed by atoms with E-state index < -0.39 is 5.92 Å². The van der Waals surface area contributed by atoms with Crippen LogP contribution in [0, 0.1) is 5.92 Å². The quantitative estimate of drug-likeness (QED) is 0.327. The normalized spacial score (nSPS) is 15.1. The molecule has 1 aliphatic rings. The van der Waals surface area contributed by atoms with Gasteiger partial charge >= 0.3 is 0 Å². The van der Waals surface area contributed by atoms with E-state index in [4.69, 9.17) is 20.4 Å². The Morgan fingerprint density at radius 3 is 2.95 bits per heavy atom. The maximum atomic E-state index is 12.0. The molecule has 102 valence electrons. The van der Waals surface area contributed by atoms with Crippen molar-refractivity contribution in [3.8, 4) is 11.5 Å². The summed E-state index contributed by atoms with van der Waals surface area (Å²) in [5.41, 5.74) is 6.03. The van der Waals surface area contributed by atoms with Gasteiger partial charge in [-0.25, -0.2) is 0 Å². The van der Waals surface area contributed by atoms with Crippen LogP contribution in [0.25, 0.3) is 0 Å². The first-order chi connectivity index (χ1) is 9.15. The number of rotatable bonds is 4. The van der Waals surface area contributed by atoms with Crippen LogP contribution in [0.2, 0.25) is 0 Å². The second-order valence-corrected chi connectivity index (χ2v) is 4.04. The van der Waals surface area contributed by atoms with Gasteiger partial charge in [-0.05, 0) is 18.6 Å². The summed E-state index contributed by atoms with van der Waals surface area (Å²) in [5, 5.41) is 14.2. The number of amidine groups is 1. The van der Waals surface area contributed by atoms with Gasteiger partial charge in [-0.15, -0.1) is 0 Å². The highest BCUT2D eigenvalue weighted by Crippen LogP contribution is 2.34. The lowest BCUT2D eigenvalue weighted by molar-refractivity contribution is -0.118. The molecule has 0 fully saturated rings. The van der Waals surface area contributed by atoms with E-state index in [0.29, 0.717) is 23.6 Å². The monoisotopic (exact) mass is 265 g/mol. The molecule has 0 saturated heterocycles. The third-order valence-electron chi connectivity index (χ3n) is 2.84. The molecule has 0 radical (unpaired) electrons. The van der Waals surface area contributed by atoms with Gasteiger partial charge in [0, 0.05) is 11.8 Å². The molecule has 1 heterocycles. The average molecular weight is 265 g/mol. The first-order valence-corrected chi connectivity index (χ1v) is 5.83. The average Bonchev–Trinajstić information content (AvgIpc) is 2.86. The largest absolute Gasteiger partial charge is 0.454 e. The number of hydrogen-bond acceptors (Lipinski definition) is 5. The Kier molecular flexibility index (Phi) is 3.74. The first-order valence-electron chi connectivity index (χ1n) is 5.83. The fourth-order valence-electron chi connectivity index (χ4n) is 1.80. The van der Waals surface area contributed by atoms with Gasteiger partial charge in [0.05, 0.1) is 5.92 Å². The fourth-order valence-corrected chi connectivity index (χ4v) is 1.80. The number of carbonyl (C=O) groups excluding carboxylic acids is 1. The van der Waals surface area contributed by atoms with Crippen molar-refractivity contribution in [2.24, 2.45) is 16.8 Å². The highest BCUT2D eigenvalue weighted by Gasteiger charge is 2.22. The molecule has 0 bridgehead atoms. The van der Waals surface area contributed by atoms with Gasteiger partial charge in [0.15, 0.2) is 17.3 Å². The number of oxime groups is 1. The minimum atomic E-state index is -0.671. The molecule has 1 atom stereocenters. The van der Waals surface area contributed by atoms with Gasteiger partial charge in [0.2, 0.25) is 12.7 Å². The summed E-state index contributed by atoms with van der Waals surface area (Å²) in [6, 6.07) is 5.08. The zero-order chi connectivity index (χ0) is 13.8. The molecular formula is C12H15N3O4. The number of benzene rings is 1. The Labute approximate surface area is 110 Å². The smallest absolute Gasteiger partial charge is 0.235 e.